The number of hydrogen-bond acceptors (Lipinski definition) is 5. The van der Waals surface area contributed by atoms with Crippen LogP contribution in [0.5, 0.6) is 0 Å². The van der Waals surface area contributed by atoms with Crippen molar-refractivity contribution < 1.29 is 23.9 Å². The third-order valence-electron chi connectivity index (χ3n) is 5.60. The van der Waals surface area contributed by atoms with Gasteiger partial charge in [-0.2, -0.15) is 0 Å². The Hall–Kier alpha value is -3.32. The highest BCUT2D eigenvalue weighted by Crippen LogP contribution is 2.23. The molecule has 0 atom stereocenters. The SMILES string of the molecule is O=C1c2ccccc2C(=O)N1CCCCOCCCCN1C(=O)c2ccccc2C1=O. The maximum atomic E-state index is 12.3. The van der Waals surface area contributed by atoms with Gasteiger partial charge in [-0.25, -0.2) is 0 Å². The summed E-state index contributed by atoms with van der Waals surface area (Å²) in [5.41, 5.74) is 1.90. The Bertz CT molecular complexity index is 881. The van der Waals surface area contributed by atoms with Gasteiger partial charge >= 0.3 is 0 Å². The van der Waals surface area contributed by atoms with E-state index in [2.05, 4.69) is 0 Å². The molecule has 0 radical (unpaired) electrons. The Balaban J connectivity index is 1.09. The van der Waals surface area contributed by atoms with E-state index in [1.54, 1.807) is 48.5 Å². The third-order valence-corrected chi connectivity index (χ3v) is 5.60. The van der Waals surface area contributed by atoms with Gasteiger partial charge in [0.15, 0.2) is 0 Å². The fraction of sp³-hybridized carbons (Fsp3) is 0.333. The molecule has 0 saturated heterocycles. The van der Waals surface area contributed by atoms with Gasteiger partial charge < -0.3 is 4.74 Å². The lowest BCUT2D eigenvalue weighted by atomic mass is 10.1. The van der Waals surface area contributed by atoms with Crippen LogP contribution < -0.4 is 0 Å². The molecule has 0 bridgehead atoms. The van der Waals surface area contributed by atoms with Gasteiger partial charge in [-0.05, 0) is 49.9 Å². The van der Waals surface area contributed by atoms with Crippen LogP contribution in [-0.2, 0) is 4.74 Å². The van der Waals surface area contributed by atoms with Gasteiger partial charge in [-0.15, -0.1) is 0 Å². The van der Waals surface area contributed by atoms with Crippen LogP contribution >= 0.6 is 0 Å². The van der Waals surface area contributed by atoms with Crippen LogP contribution in [-0.4, -0.2) is 59.7 Å². The minimum Gasteiger partial charge on any atom is -0.381 e. The van der Waals surface area contributed by atoms with Crippen molar-refractivity contribution in [1.82, 2.24) is 9.80 Å². The number of unbranched alkanes of at least 4 members (excludes halogenated alkanes) is 2. The van der Waals surface area contributed by atoms with Crippen molar-refractivity contribution in [3.8, 4) is 0 Å². The average Bonchev–Trinajstić information content (AvgIpc) is 3.18. The van der Waals surface area contributed by atoms with Crippen LogP contribution in [0.2, 0.25) is 0 Å². The molecular weight excluding hydrogens is 396 g/mol. The molecule has 7 heteroatoms. The van der Waals surface area contributed by atoms with E-state index in [0.717, 1.165) is 12.8 Å². The van der Waals surface area contributed by atoms with E-state index in [1.807, 2.05) is 0 Å². The van der Waals surface area contributed by atoms with Crippen molar-refractivity contribution >= 4 is 23.6 Å². The molecule has 0 fully saturated rings. The molecule has 2 aliphatic rings. The molecule has 0 N–H and O–H groups in total. The fourth-order valence-electron chi connectivity index (χ4n) is 3.93. The molecule has 2 heterocycles. The van der Waals surface area contributed by atoms with E-state index in [1.165, 1.54) is 9.80 Å². The highest BCUT2D eigenvalue weighted by atomic mass is 16.5. The van der Waals surface area contributed by atoms with E-state index in [0.29, 0.717) is 61.4 Å². The highest BCUT2D eigenvalue weighted by molar-refractivity contribution is 6.22. The number of amides is 4. The third kappa shape index (κ3) is 4.14. The summed E-state index contributed by atoms with van der Waals surface area (Å²) in [6.45, 7) is 1.84. The van der Waals surface area contributed by atoms with Gasteiger partial charge in [0.25, 0.3) is 23.6 Å². The number of ether oxygens (including phenoxy) is 1. The quantitative estimate of drug-likeness (QED) is 0.436. The monoisotopic (exact) mass is 420 g/mol. The van der Waals surface area contributed by atoms with Gasteiger partial charge in [0.05, 0.1) is 22.3 Å². The zero-order valence-corrected chi connectivity index (χ0v) is 17.2. The Morgan fingerprint density at radius 2 is 0.839 bits per heavy atom. The lowest BCUT2D eigenvalue weighted by Gasteiger charge is -2.14. The zero-order chi connectivity index (χ0) is 21.8. The number of hydrogen-bond donors (Lipinski definition) is 0. The van der Waals surface area contributed by atoms with Crippen molar-refractivity contribution in [2.45, 2.75) is 25.7 Å². The van der Waals surface area contributed by atoms with Crippen LogP contribution in [0.1, 0.15) is 67.1 Å². The van der Waals surface area contributed by atoms with E-state index in [-0.39, 0.29) is 23.6 Å². The Morgan fingerprint density at radius 3 is 1.16 bits per heavy atom. The van der Waals surface area contributed by atoms with Gasteiger partial charge in [0, 0.05) is 26.3 Å². The van der Waals surface area contributed by atoms with E-state index < -0.39 is 0 Å². The summed E-state index contributed by atoms with van der Waals surface area (Å²) in [5.74, 6) is -0.909. The second kappa shape index (κ2) is 9.22. The Labute approximate surface area is 180 Å². The second-order valence-corrected chi connectivity index (χ2v) is 7.64. The molecular formula is C24H24N2O5. The van der Waals surface area contributed by atoms with Gasteiger partial charge in [-0.1, -0.05) is 24.3 Å². The first kappa shape index (κ1) is 20.9. The molecule has 4 amide bonds. The Morgan fingerprint density at radius 1 is 0.516 bits per heavy atom. The van der Waals surface area contributed by atoms with Crippen molar-refractivity contribution in [2.24, 2.45) is 0 Å². The van der Waals surface area contributed by atoms with Crippen LogP contribution in [0.25, 0.3) is 0 Å². The summed E-state index contributed by atoms with van der Waals surface area (Å²) in [6.07, 6.45) is 2.85. The summed E-state index contributed by atoms with van der Waals surface area (Å²) >= 11 is 0. The molecule has 160 valence electrons. The number of fused-ring (bicyclic) bond motifs is 2. The number of carbonyl (C=O) groups excluding carboxylic acids is 4. The largest absolute Gasteiger partial charge is 0.381 e. The highest BCUT2D eigenvalue weighted by Gasteiger charge is 2.35. The predicted octanol–water partition coefficient (Wildman–Crippen LogP) is 3.16. The summed E-state index contributed by atoms with van der Waals surface area (Å²) in [5, 5.41) is 0. The minimum atomic E-state index is -0.227. The van der Waals surface area contributed by atoms with Crippen molar-refractivity contribution in [3.05, 3.63) is 70.8 Å². The molecule has 4 rings (SSSR count). The summed E-state index contributed by atoms with van der Waals surface area (Å²) in [6, 6.07) is 13.8. The van der Waals surface area contributed by atoms with Crippen molar-refractivity contribution in [1.29, 1.82) is 0 Å². The first-order valence-corrected chi connectivity index (χ1v) is 10.6. The van der Waals surface area contributed by atoms with E-state index in [9.17, 15) is 19.2 Å². The minimum absolute atomic E-state index is 0.227. The van der Waals surface area contributed by atoms with Crippen molar-refractivity contribution in [2.75, 3.05) is 26.3 Å². The number of carbonyl (C=O) groups is 4. The zero-order valence-electron chi connectivity index (χ0n) is 17.2. The van der Waals surface area contributed by atoms with Gasteiger partial charge in [0.2, 0.25) is 0 Å². The maximum Gasteiger partial charge on any atom is 0.261 e. The molecule has 31 heavy (non-hydrogen) atoms. The number of imide groups is 2. The van der Waals surface area contributed by atoms with E-state index in [4.69, 9.17) is 4.74 Å². The molecule has 0 saturated carbocycles. The van der Waals surface area contributed by atoms with Crippen LogP contribution in [0.4, 0.5) is 0 Å². The molecule has 0 aromatic heterocycles. The van der Waals surface area contributed by atoms with Crippen molar-refractivity contribution in [3.63, 3.8) is 0 Å². The van der Waals surface area contributed by atoms with Gasteiger partial charge in [-0.3, -0.25) is 29.0 Å². The number of benzene rings is 2. The number of rotatable bonds is 10. The Kier molecular flexibility index (Phi) is 6.23. The van der Waals surface area contributed by atoms with Crippen LogP contribution in [0, 0.1) is 0 Å². The molecule has 2 aromatic carbocycles. The van der Waals surface area contributed by atoms with E-state index >= 15 is 0 Å². The lowest BCUT2D eigenvalue weighted by molar-refractivity contribution is 0.0637. The predicted molar refractivity (Wildman–Crippen MR) is 113 cm³/mol. The summed E-state index contributed by atoms with van der Waals surface area (Å²) < 4.78 is 5.62. The lowest BCUT2D eigenvalue weighted by Crippen LogP contribution is -2.31. The smallest absolute Gasteiger partial charge is 0.261 e. The van der Waals surface area contributed by atoms with Gasteiger partial charge in [0.1, 0.15) is 0 Å². The van der Waals surface area contributed by atoms with Crippen LogP contribution in [0.15, 0.2) is 48.5 Å². The normalized spacial score (nSPS) is 15.1. The molecule has 2 aromatic rings. The summed E-state index contributed by atoms with van der Waals surface area (Å²) in [4.78, 5) is 51.8. The molecule has 0 unspecified atom stereocenters. The standard InChI is InChI=1S/C24H24N2O5/c27-21-17-9-1-2-10-18(17)22(28)25(21)13-5-7-15-31-16-8-6-14-26-23(29)19-11-3-4-12-20(19)24(26)30/h1-4,9-12H,5-8,13-16H2. The molecule has 0 spiro atoms. The average molecular weight is 420 g/mol. The fourth-order valence-corrected chi connectivity index (χ4v) is 3.93. The van der Waals surface area contributed by atoms with Crippen LogP contribution in [0.3, 0.4) is 0 Å². The molecule has 2 aliphatic heterocycles. The summed E-state index contributed by atoms with van der Waals surface area (Å²) in [7, 11) is 0. The second-order valence-electron chi connectivity index (χ2n) is 7.64. The topological polar surface area (TPSA) is 84.0 Å². The first-order chi connectivity index (χ1) is 15.1. The molecule has 0 aliphatic carbocycles. The maximum absolute atomic E-state index is 12.3. The first-order valence-electron chi connectivity index (χ1n) is 10.6. The number of nitrogens with zero attached hydrogens (tertiary/aromatic N) is 2. The molecule has 7 nitrogen and oxygen atoms in total.